The average Bonchev–Trinajstić information content (AvgIpc) is 2.68. The summed E-state index contributed by atoms with van der Waals surface area (Å²) < 4.78 is 0. The van der Waals surface area contributed by atoms with Crippen LogP contribution in [0, 0.1) is 0 Å². The van der Waals surface area contributed by atoms with Gasteiger partial charge in [-0.25, -0.2) is 0 Å². The number of hydrogen-bond acceptors (Lipinski definition) is 6. The summed E-state index contributed by atoms with van der Waals surface area (Å²) in [4.78, 5) is 36.2. The molecule has 0 amide bonds. The number of ketones is 2. The van der Waals surface area contributed by atoms with Crippen LogP contribution in [0.2, 0.25) is 0 Å². The third-order valence-electron chi connectivity index (χ3n) is 4.73. The third kappa shape index (κ3) is 3.06. The predicted molar refractivity (Wildman–Crippen MR) is 101 cm³/mol. The predicted octanol–water partition coefficient (Wildman–Crippen LogP) is 2.71. The SMILES string of the molecule is CN1CCN(C2=C(Sc3ccccc3)C(=O)c3ccncc3C2=O)CC1. The zero-order valence-corrected chi connectivity index (χ0v) is 15.3. The monoisotopic (exact) mass is 365 g/mol. The Bertz CT molecular complexity index is 887. The number of fused-ring (bicyclic) bond motifs is 1. The number of aromatic nitrogens is 1. The van der Waals surface area contributed by atoms with Crippen molar-refractivity contribution in [2.24, 2.45) is 0 Å². The summed E-state index contributed by atoms with van der Waals surface area (Å²) in [6.07, 6.45) is 3.07. The molecule has 0 bridgehead atoms. The summed E-state index contributed by atoms with van der Waals surface area (Å²) in [5.41, 5.74) is 1.38. The van der Waals surface area contributed by atoms with Crippen LogP contribution in [-0.2, 0) is 0 Å². The van der Waals surface area contributed by atoms with Gasteiger partial charge in [-0.05, 0) is 25.2 Å². The zero-order chi connectivity index (χ0) is 18.1. The standard InChI is InChI=1S/C20H19N3O2S/c1-22-9-11-23(12-10-22)17-18(24)16-13-21-8-7-15(16)19(25)20(17)26-14-5-3-2-4-6-14/h2-8,13H,9-12H2,1H3. The number of carbonyl (C=O) groups excluding carboxylic acids is 2. The van der Waals surface area contributed by atoms with Crippen molar-refractivity contribution in [1.82, 2.24) is 14.8 Å². The molecular weight excluding hydrogens is 346 g/mol. The smallest absolute Gasteiger partial charge is 0.212 e. The molecule has 0 N–H and O–H groups in total. The molecule has 5 nitrogen and oxygen atoms in total. The quantitative estimate of drug-likeness (QED) is 0.834. The molecule has 6 heteroatoms. The first-order chi connectivity index (χ1) is 12.6. The van der Waals surface area contributed by atoms with Crippen molar-refractivity contribution in [3.05, 3.63) is 70.5 Å². The normalized spacial score (nSPS) is 18.3. The second-order valence-electron chi connectivity index (χ2n) is 6.46. The van der Waals surface area contributed by atoms with E-state index < -0.39 is 0 Å². The summed E-state index contributed by atoms with van der Waals surface area (Å²) in [6.45, 7) is 3.21. The first-order valence-corrected chi connectivity index (χ1v) is 9.41. The minimum Gasteiger partial charge on any atom is -0.365 e. The van der Waals surface area contributed by atoms with Gasteiger partial charge in [0.1, 0.15) is 5.70 Å². The van der Waals surface area contributed by atoms with Crippen LogP contribution >= 0.6 is 11.8 Å². The molecule has 0 saturated carbocycles. The highest BCUT2D eigenvalue weighted by Crippen LogP contribution is 2.38. The van der Waals surface area contributed by atoms with Gasteiger partial charge in [-0.2, -0.15) is 0 Å². The van der Waals surface area contributed by atoms with Crippen LogP contribution in [0.25, 0.3) is 0 Å². The second-order valence-corrected chi connectivity index (χ2v) is 7.55. The highest BCUT2D eigenvalue weighted by Gasteiger charge is 2.36. The number of hydrogen-bond donors (Lipinski definition) is 0. The minimum absolute atomic E-state index is 0.0928. The fourth-order valence-corrected chi connectivity index (χ4v) is 4.30. The Labute approximate surface area is 156 Å². The number of piperazine rings is 1. The van der Waals surface area contributed by atoms with Crippen LogP contribution < -0.4 is 0 Å². The van der Waals surface area contributed by atoms with E-state index in [2.05, 4.69) is 21.8 Å². The maximum atomic E-state index is 13.2. The van der Waals surface area contributed by atoms with Crippen molar-refractivity contribution in [2.75, 3.05) is 33.2 Å². The van der Waals surface area contributed by atoms with Gasteiger partial charge in [-0.3, -0.25) is 14.6 Å². The van der Waals surface area contributed by atoms with E-state index >= 15 is 0 Å². The van der Waals surface area contributed by atoms with Gasteiger partial charge in [0.2, 0.25) is 11.6 Å². The van der Waals surface area contributed by atoms with Gasteiger partial charge in [0.15, 0.2) is 0 Å². The Morgan fingerprint density at radius 1 is 0.923 bits per heavy atom. The first kappa shape index (κ1) is 17.0. The molecule has 4 rings (SSSR count). The Morgan fingerprint density at radius 2 is 1.65 bits per heavy atom. The van der Waals surface area contributed by atoms with E-state index in [9.17, 15) is 9.59 Å². The molecule has 0 radical (unpaired) electrons. The van der Waals surface area contributed by atoms with E-state index in [4.69, 9.17) is 0 Å². The van der Waals surface area contributed by atoms with Crippen molar-refractivity contribution >= 4 is 23.3 Å². The van der Waals surface area contributed by atoms with Gasteiger partial charge in [0.25, 0.3) is 0 Å². The number of allylic oxidation sites excluding steroid dienone is 2. The number of rotatable bonds is 3. The number of nitrogens with zero attached hydrogens (tertiary/aromatic N) is 3. The van der Waals surface area contributed by atoms with Crippen molar-refractivity contribution < 1.29 is 9.59 Å². The largest absolute Gasteiger partial charge is 0.365 e. The van der Waals surface area contributed by atoms with Gasteiger partial charge < -0.3 is 9.80 Å². The molecule has 1 aliphatic heterocycles. The summed E-state index contributed by atoms with van der Waals surface area (Å²) in [7, 11) is 2.07. The van der Waals surface area contributed by atoms with E-state index in [0.29, 0.717) is 21.7 Å². The Kier molecular flexibility index (Phi) is 4.61. The molecular formula is C20H19N3O2S. The lowest BCUT2D eigenvalue weighted by atomic mass is 9.93. The maximum Gasteiger partial charge on any atom is 0.212 e. The summed E-state index contributed by atoms with van der Waals surface area (Å²) in [5, 5.41) is 0. The van der Waals surface area contributed by atoms with Crippen molar-refractivity contribution in [1.29, 1.82) is 0 Å². The van der Waals surface area contributed by atoms with Gasteiger partial charge in [-0.15, -0.1) is 0 Å². The van der Waals surface area contributed by atoms with Gasteiger partial charge in [-0.1, -0.05) is 30.0 Å². The summed E-state index contributed by atoms with van der Waals surface area (Å²) >= 11 is 1.38. The van der Waals surface area contributed by atoms with E-state index in [1.54, 1.807) is 12.3 Å². The molecule has 26 heavy (non-hydrogen) atoms. The molecule has 2 heterocycles. The molecule has 1 aliphatic carbocycles. The van der Waals surface area contributed by atoms with Gasteiger partial charge in [0.05, 0.1) is 10.5 Å². The summed E-state index contributed by atoms with van der Waals surface area (Å²) in [6, 6.07) is 11.4. The first-order valence-electron chi connectivity index (χ1n) is 8.59. The molecule has 1 saturated heterocycles. The van der Waals surface area contributed by atoms with Crippen LogP contribution in [0.5, 0.6) is 0 Å². The van der Waals surface area contributed by atoms with Gasteiger partial charge >= 0.3 is 0 Å². The van der Waals surface area contributed by atoms with E-state index in [1.807, 2.05) is 30.3 Å². The van der Waals surface area contributed by atoms with Crippen LogP contribution in [0.3, 0.4) is 0 Å². The maximum absolute atomic E-state index is 13.2. The number of likely N-dealkylation sites (N-methyl/N-ethyl adjacent to an activating group) is 1. The van der Waals surface area contributed by atoms with E-state index in [0.717, 1.165) is 31.1 Å². The van der Waals surface area contributed by atoms with Crippen LogP contribution in [0.1, 0.15) is 20.7 Å². The second kappa shape index (κ2) is 7.05. The van der Waals surface area contributed by atoms with Crippen LogP contribution in [0.4, 0.5) is 0 Å². The lowest BCUT2D eigenvalue weighted by Gasteiger charge is -2.37. The topological polar surface area (TPSA) is 53.5 Å². The molecule has 1 fully saturated rings. The van der Waals surface area contributed by atoms with Crippen LogP contribution in [0.15, 0.2) is 64.3 Å². The third-order valence-corrected chi connectivity index (χ3v) is 5.82. The van der Waals surface area contributed by atoms with Crippen molar-refractivity contribution in [3.63, 3.8) is 0 Å². The Hall–Kier alpha value is -2.44. The molecule has 1 aromatic carbocycles. The average molecular weight is 365 g/mol. The fourth-order valence-electron chi connectivity index (χ4n) is 3.25. The lowest BCUT2D eigenvalue weighted by molar-refractivity contribution is 0.0923. The number of benzene rings is 1. The fraction of sp³-hybridized carbons (Fsp3) is 0.250. The number of Topliss-reactive ketones (excluding diaryl/α,β-unsaturated/α-hetero) is 2. The van der Waals surface area contributed by atoms with Gasteiger partial charge in [0, 0.05) is 49.0 Å². The number of pyridine rings is 1. The highest BCUT2D eigenvalue weighted by atomic mass is 32.2. The molecule has 132 valence electrons. The number of thioether (sulfide) groups is 1. The van der Waals surface area contributed by atoms with E-state index in [-0.39, 0.29) is 11.6 Å². The van der Waals surface area contributed by atoms with Crippen LogP contribution in [-0.4, -0.2) is 59.6 Å². The Balaban J connectivity index is 1.80. The number of carbonyl (C=O) groups is 2. The zero-order valence-electron chi connectivity index (χ0n) is 14.5. The lowest BCUT2D eigenvalue weighted by Crippen LogP contribution is -2.46. The summed E-state index contributed by atoms with van der Waals surface area (Å²) in [5.74, 6) is -0.194. The van der Waals surface area contributed by atoms with Crippen molar-refractivity contribution in [2.45, 2.75) is 4.90 Å². The van der Waals surface area contributed by atoms with Crippen molar-refractivity contribution in [3.8, 4) is 0 Å². The minimum atomic E-state index is -0.101. The van der Waals surface area contributed by atoms with E-state index in [1.165, 1.54) is 18.0 Å². The highest BCUT2D eigenvalue weighted by molar-refractivity contribution is 8.04. The molecule has 0 atom stereocenters. The molecule has 2 aromatic rings. The Morgan fingerprint density at radius 3 is 2.38 bits per heavy atom. The molecule has 0 unspecified atom stereocenters. The molecule has 2 aliphatic rings. The molecule has 1 aromatic heterocycles. The molecule has 0 spiro atoms.